The second-order valence-electron chi connectivity index (χ2n) is 3.95. The van der Waals surface area contributed by atoms with Gasteiger partial charge in [-0.3, -0.25) is 14.9 Å². The Morgan fingerprint density at radius 3 is 2.88 bits per heavy atom. The smallest absolute Gasteiger partial charge is 0.231 e. The summed E-state index contributed by atoms with van der Waals surface area (Å²) in [6.07, 6.45) is 2.65. The number of amides is 1. The minimum atomic E-state index is -0.509. The summed E-state index contributed by atoms with van der Waals surface area (Å²) in [5.41, 5.74) is 1.77. The highest BCUT2D eigenvalue weighted by atomic mass is 16.6. The van der Waals surface area contributed by atoms with Gasteiger partial charge < -0.3 is 4.90 Å². The van der Waals surface area contributed by atoms with Crippen LogP contribution in [0.3, 0.4) is 0 Å². The summed E-state index contributed by atoms with van der Waals surface area (Å²) in [4.78, 5) is 23.1. The van der Waals surface area contributed by atoms with Gasteiger partial charge in [-0.05, 0) is 17.7 Å². The van der Waals surface area contributed by atoms with Crippen LogP contribution in [0.15, 0.2) is 36.5 Å². The molecule has 0 saturated carbocycles. The van der Waals surface area contributed by atoms with Crippen LogP contribution in [0.4, 0.5) is 5.69 Å². The Bertz CT molecular complexity index is 496. The monoisotopic (exact) mass is 232 g/mol. The molecule has 0 bridgehead atoms. The number of nitro groups is 1. The maximum Gasteiger partial charge on any atom is 0.231 e. The normalized spacial score (nSPS) is 19.5. The van der Waals surface area contributed by atoms with Gasteiger partial charge in [0.25, 0.3) is 0 Å². The topological polar surface area (TPSA) is 63.5 Å². The van der Waals surface area contributed by atoms with E-state index in [0.717, 1.165) is 17.5 Å². The van der Waals surface area contributed by atoms with Crippen molar-refractivity contribution in [1.29, 1.82) is 0 Å². The van der Waals surface area contributed by atoms with E-state index in [1.807, 2.05) is 24.3 Å². The molecule has 0 aliphatic carbocycles. The molecule has 0 N–H and O–H groups in total. The number of carbonyl (C=O) groups is 1. The van der Waals surface area contributed by atoms with Crippen molar-refractivity contribution in [2.45, 2.75) is 12.3 Å². The van der Waals surface area contributed by atoms with Gasteiger partial charge in [-0.25, -0.2) is 0 Å². The zero-order valence-electron chi connectivity index (χ0n) is 9.37. The first-order valence-electron chi connectivity index (χ1n) is 5.27. The third-order valence-corrected chi connectivity index (χ3v) is 2.91. The number of hydrogen-bond donors (Lipinski definition) is 0. The first-order valence-corrected chi connectivity index (χ1v) is 5.27. The van der Waals surface area contributed by atoms with E-state index in [1.54, 1.807) is 11.9 Å². The number of carbonyl (C=O) groups excluding carboxylic acids is 1. The number of fused-ring (bicyclic) bond motifs is 1. The minimum absolute atomic E-state index is 0.0262. The molecule has 0 saturated heterocycles. The zero-order valence-corrected chi connectivity index (χ0v) is 9.37. The second kappa shape index (κ2) is 4.37. The molecule has 5 nitrogen and oxygen atoms in total. The van der Waals surface area contributed by atoms with Crippen LogP contribution >= 0.6 is 0 Å². The van der Waals surface area contributed by atoms with Crippen LogP contribution in [0.25, 0.3) is 0 Å². The molecule has 0 unspecified atom stereocenters. The van der Waals surface area contributed by atoms with E-state index in [9.17, 15) is 14.9 Å². The molecule has 1 aromatic carbocycles. The van der Waals surface area contributed by atoms with E-state index in [4.69, 9.17) is 0 Å². The van der Waals surface area contributed by atoms with Crippen LogP contribution < -0.4 is 4.90 Å². The summed E-state index contributed by atoms with van der Waals surface area (Å²) in [6.45, 7) is 0. The van der Waals surface area contributed by atoms with Crippen molar-refractivity contribution < 1.29 is 9.72 Å². The van der Waals surface area contributed by atoms with Gasteiger partial charge in [0, 0.05) is 25.1 Å². The molecule has 1 amide bonds. The Hall–Kier alpha value is -2.17. The molecule has 1 heterocycles. The van der Waals surface area contributed by atoms with Crippen molar-refractivity contribution in [2.24, 2.45) is 0 Å². The van der Waals surface area contributed by atoms with Crippen molar-refractivity contribution in [3.05, 3.63) is 52.2 Å². The van der Waals surface area contributed by atoms with Gasteiger partial charge in [0.15, 0.2) is 0 Å². The summed E-state index contributed by atoms with van der Waals surface area (Å²) >= 11 is 0. The first kappa shape index (κ1) is 11.3. The lowest BCUT2D eigenvalue weighted by atomic mass is 9.90. The summed E-state index contributed by atoms with van der Waals surface area (Å²) in [5, 5.41) is 10.3. The van der Waals surface area contributed by atoms with Crippen LogP contribution in [0.2, 0.25) is 0 Å². The van der Waals surface area contributed by atoms with Crippen molar-refractivity contribution in [2.75, 3.05) is 11.9 Å². The summed E-state index contributed by atoms with van der Waals surface area (Å²) in [7, 11) is 1.72. The molecule has 1 aliphatic rings. The van der Waals surface area contributed by atoms with E-state index in [0.29, 0.717) is 0 Å². The predicted molar refractivity (Wildman–Crippen MR) is 63.3 cm³/mol. The predicted octanol–water partition coefficient (Wildman–Crippen LogP) is 1.93. The van der Waals surface area contributed by atoms with Crippen molar-refractivity contribution in [1.82, 2.24) is 0 Å². The lowest BCUT2D eigenvalue weighted by Gasteiger charge is -2.29. The zero-order chi connectivity index (χ0) is 12.4. The van der Waals surface area contributed by atoms with Gasteiger partial charge in [-0.2, -0.15) is 0 Å². The molecule has 1 atom stereocenters. The molecule has 5 heteroatoms. The van der Waals surface area contributed by atoms with Gasteiger partial charge >= 0.3 is 0 Å². The molecule has 1 aliphatic heterocycles. The minimum Gasteiger partial charge on any atom is -0.315 e. The van der Waals surface area contributed by atoms with Crippen LogP contribution in [0, 0.1) is 10.1 Å². The van der Waals surface area contributed by atoms with Gasteiger partial charge in [0.2, 0.25) is 12.1 Å². The number of nitrogens with zero attached hydrogens (tertiary/aromatic N) is 2. The standard InChI is InChI=1S/C12H12N2O3/c1-13-11-5-3-2-4-10(11)9(8-12(13)15)6-7-14(16)17/h2-7,9H,8H2,1H3/b7-6-/t9-/m0/s1. The Kier molecular flexibility index (Phi) is 2.91. The number of anilines is 1. The molecule has 0 aromatic heterocycles. The molecular formula is C12H12N2O3. The molecule has 88 valence electrons. The van der Waals surface area contributed by atoms with E-state index in [1.165, 1.54) is 6.08 Å². The highest BCUT2D eigenvalue weighted by Gasteiger charge is 2.27. The Morgan fingerprint density at radius 2 is 2.18 bits per heavy atom. The Labute approximate surface area is 98.5 Å². The molecule has 17 heavy (non-hydrogen) atoms. The van der Waals surface area contributed by atoms with Gasteiger partial charge in [0.05, 0.1) is 4.92 Å². The van der Waals surface area contributed by atoms with E-state index < -0.39 is 4.92 Å². The molecule has 0 fully saturated rings. The number of benzene rings is 1. The quantitative estimate of drug-likeness (QED) is 0.578. The maximum atomic E-state index is 11.7. The summed E-state index contributed by atoms with van der Waals surface area (Å²) < 4.78 is 0. The second-order valence-corrected chi connectivity index (χ2v) is 3.95. The van der Waals surface area contributed by atoms with Gasteiger partial charge in [-0.15, -0.1) is 0 Å². The van der Waals surface area contributed by atoms with Gasteiger partial charge in [-0.1, -0.05) is 18.2 Å². The molecule has 0 spiro atoms. The number of rotatable bonds is 2. The number of hydrogen-bond acceptors (Lipinski definition) is 3. The van der Waals surface area contributed by atoms with E-state index in [2.05, 4.69) is 0 Å². The SMILES string of the molecule is CN1C(=O)C[C@H](/C=C\[N+](=O)[O-])c2ccccc21. The Morgan fingerprint density at radius 1 is 1.47 bits per heavy atom. The molecule has 2 rings (SSSR count). The summed E-state index contributed by atoms with van der Waals surface area (Å²) in [6, 6.07) is 7.46. The average Bonchev–Trinajstić information content (AvgIpc) is 2.32. The van der Waals surface area contributed by atoms with E-state index >= 15 is 0 Å². The fraction of sp³-hybridized carbons (Fsp3) is 0.250. The third-order valence-electron chi connectivity index (χ3n) is 2.91. The number of para-hydroxylation sites is 1. The summed E-state index contributed by atoms with van der Waals surface area (Å²) in [5.74, 6) is -0.234. The highest BCUT2D eigenvalue weighted by Crippen LogP contribution is 2.35. The first-order chi connectivity index (χ1) is 8.09. The fourth-order valence-corrected chi connectivity index (χ4v) is 2.02. The van der Waals surface area contributed by atoms with Crippen molar-refractivity contribution in [3.63, 3.8) is 0 Å². The molecule has 0 radical (unpaired) electrons. The Balaban J connectivity index is 2.40. The lowest BCUT2D eigenvalue weighted by Crippen LogP contribution is -2.32. The van der Waals surface area contributed by atoms with E-state index in [-0.39, 0.29) is 18.2 Å². The lowest BCUT2D eigenvalue weighted by molar-refractivity contribution is -0.402. The average molecular weight is 232 g/mol. The van der Waals surface area contributed by atoms with Crippen LogP contribution in [0.1, 0.15) is 17.9 Å². The highest BCUT2D eigenvalue weighted by molar-refractivity contribution is 5.96. The van der Waals surface area contributed by atoms with Crippen LogP contribution in [-0.4, -0.2) is 17.9 Å². The molecular weight excluding hydrogens is 220 g/mol. The largest absolute Gasteiger partial charge is 0.315 e. The van der Waals surface area contributed by atoms with Crippen molar-refractivity contribution in [3.8, 4) is 0 Å². The van der Waals surface area contributed by atoms with Crippen LogP contribution in [0.5, 0.6) is 0 Å². The van der Waals surface area contributed by atoms with Gasteiger partial charge in [0.1, 0.15) is 0 Å². The molecule has 1 aromatic rings. The number of allylic oxidation sites excluding steroid dienone is 1. The van der Waals surface area contributed by atoms with Crippen molar-refractivity contribution >= 4 is 11.6 Å². The third kappa shape index (κ3) is 2.18. The fourth-order valence-electron chi connectivity index (χ4n) is 2.02. The van der Waals surface area contributed by atoms with Crippen LogP contribution in [-0.2, 0) is 4.79 Å². The maximum absolute atomic E-state index is 11.7.